The first-order valence-corrected chi connectivity index (χ1v) is 8.79. The van der Waals surface area contributed by atoms with Gasteiger partial charge in [-0.15, -0.1) is 0 Å². The molecule has 1 aliphatic carbocycles. The molecular weight excluding hydrogens is 316 g/mol. The molecule has 0 amide bonds. The molecule has 4 nitrogen and oxygen atoms in total. The van der Waals surface area contributed by atoms with Gasteiger partial charge < -0.3 is 9.47 Å². The van der Waals surface area contributed by atoms with E-state index in [1.54, 1.807) is 13.2 Å². The normalized spacial score (nSPS) is 20.8. The minimum atomic E-state index is -0.569. The number of methoxy groups -OCH3 is 1. The number of carbonyl (C=O) groups is 2. The predicted molar refractivity (Wildman–Crippen MR) is 97.0 cm³/mol. The zero-order chi connectivity index (χ0) is 18.5. The topological polar surface area (TPSA) is 52.6 Å². The highest BCUT2D eigenvalue weighted by Gasteiger charge is 2.40. The lowest BCUT2D eigenvalue weighted by molar-refractivity contribution is -0.155. The van der Waals surface area contributed by atoms with E-state index in [-0.39, 0.29) is 18.2 Å². The van der Waals surface area contributed by atoms with Gasteiger partial charge in [-0.05, 0) is 45.6 Å². The summed E-state index contributed by atoms with van der Waals surface area (Å²) in [7, 11) is 1.59. The minimum absolute atomic E-state index is 0.0445. The maximum atomic E-state index is 12.9. The third-order valence-electron chi connectivity index (χ3n) is 4.54. The van der Waals surface area contributed by atoms with Crippen LogP contribution >= 0.6 is 0 Å². The molecule has 0 heterocycles. The van der Waals surface area contributed by atoms with Gasteiger partial charge in [-0.1, -0.05) is 30.3 Å². The monoisotopic (exact) mass is 344 g/mol. The van der Waals surface area contributed by atoms with Gasteiger partial charge in [0.25, 0.3) is 0 Å². The molecule has 0 radical (unpaired) electrons. The van der Waals surface area contributed by atoms with Crippen LogP contribution in [0, 0.1) is 5.41 Å². The number of ether oxygens (including phenoxy) is 2. The lowest BCUT2D eigenvalue weighted by atomic mass is 9.68. The van der Waals surface area contributed by atoms with Crippen molar-refractivity contribution in [2.45, 2.75) is 58.5 Å². The van der Waals surface area contributed by atoms with Crippen molar-refractivity contribution in [2.75, 3.05) is 7.11 Å². The van der Waals surface area contributed by atoms with E-state index in [0.29, 0.717) is 31.4 Å². The first-order valence-electron chi connectivity index (χ1n) is 8.79. The van der Waals surface area contributed by atoms with Crippen molar-refractivity contribution in [1.82, 2.24) is 0 Å². The summed E-state index contributed by atoms with van der Waals surface area (Å²) in [5, 5.41) is 0. The average molecular weight is 344 g/mol. The van der Waals surface area contributed by atoms with Crippen LogP contribution in [0.25, 0.3) is 0 Å². The van der Waals surface area contributed by atoms with Crippen molar-refractivity contribution in [3.63, 3.8) is 0 Å². The SMILES string of the molecule is COC1=CC(=O)C(CCC(=O)OC(C)(C)C)(Cc2ccccc2)CC1. The lowest BCUT2D eigenvalue weighted by Crippen LogP contribution is -2.36. The zero-order valence-corrected chi connectivity index (χ0v) is 15.6. The van der Waals surface area contributed by atoms with Crippen molar-refractivity contribution in [3.05, 3.63) is 47.7 Å². The molecule has 0 fully saturated rings. The molecule has 25 heavy (non-hydrogen) atoms. The van der Waals surface area contributed by atoms with Gasteiger partial charge in [0.1, 0.15) is 5.60 Å². The van der Waals surface area contributed by atoms with Crippen molar-refractivity contribution < 1.29 is 19.1 Å². The van der Waals surface area contributed by atoms with Crippen molar-refractivity contribution >= 4 is 11.8 Å². The summed E-state index contributed by atoms with van der Waals surface area (Å²) < 4.78 is 10.7. The highest BCUT2D eigenvalue weighted by atomic mass is 16.6. The molecule has 1 aromatic rings. The number of ketones is 1. The van der Waals surface area contributed by atoms with E-state index in [1.165, 1.54) is 0 Å². The Labute approximate surface area is 150 Å². The third kappa shape index (κ3) is 5.45. The molecule has 0 N–H and O–H groups in total. The molecular formula is C21H28O4. The Hall–Kier alpha value is -2.10. The highest BCUT2D eigenvalue weighted by Crippen LogP contribution is 2.40. The quantitative estimate of drug-likeness (QED) is 0.725. The molecule has 0 saturated carbocycles. The van der Waals surface area contributed by atoms with Gasteiger partial charge in [-0.3, -0.25) is 9.59 Å². The Kier molecular flexibility index (Phi) is 6.04. The second-order valence-corrected chi connectivity index (χ2v) is 7.71. The van der Waals surface area contributed by atoms with Gasteiger partial charge in [0.05, 0.1) is 12.9 Å². The van der Waals surface area contributed by atoms with Gasteiger partial charge in [0, 0.05) is 24.3 Å². The highest BCUT2D eigenvalue weighted by molar-refractivity contribution is 5.96. The Balaban J connectivity index is 2.17. The maximum Gasteiger partial charge on any atom is 0.306 e. The second-order valence-electron chi connectivity index (χ2n) is 7.71. The molecule has 0 saturated heterocycles. The number of esters is 1. The Bertz CT molecular complexity index is 640. The van der Waals surface area contributed by atoms with Crippen LogP contribution < -0.4 is 0 Å². The first kappa shape index (κ1) is 19.2. The number of hydrogen-bond acceptors (Lipinski definition) is 4. The van der Waals surface area contributed by atoms with Crippen LogP contribution in [0.2, 0.25) is 0 Å². The Morgan fingerprint density at radius 3 is 2.44 bits per heavy atom. The largest absolute Gasteiger partial charge is 0.501 e. The summed E-state index contributed by atoms with van der Waals surface area (Å²) in [4.78, 5) is 25.0. The molecule has 136 valence electrons. The smallest absolute Gasteiger partial charge is 0.306 e. The third-order valence-corrected chi connectivity index (χ3v) is 4.54. The standard InChI is InChI=1S/C21H28O4/c1-20(2,3)25-19(23)11-13-21(15-16-8-6-5-7-9-16)12-10-17(24-4)14-18(21)22/h5-9,14H,10-13,15H2,1-4H3. The number of hydrogen-bond donors (Lipinski definition) is 0. The fourth-order valence-corrected chi connectivity index (χ4v) is 3.25. The number of rotatable bonds is 6. The van der Waals surface area contributed by atoms with Gasteiger partial charge in [-0.25, -0.2) is 0 Å². The molecule has 1 atom stereocenters. The van der Waals surface area contributed by atoms with Crippen LogP contribution in [0.15, 0.2) is 42.2 Å². The maximum absolute atomic E-state index is 12.9. The molecule has 1 unspecified atom stereocenters. The van der Waals surface area contributed by atoms with E-state index in [0.717, 1.165) is 5.56 Å². The fourth-order valence-electron chi connectivity index (χ4n) is 3.25. The van der Waals surface area contributed by atoms with Gasteiger partial charge in [0.15, 0.2) is 5.78 Å². The zero-order valence-electron chi connectivity index (χ0n) is 15.6. The molecule has 4 heteroatoms. The van der Waals surface area contributed by atoms with Crippen molar-refractivity contribution in [3.8, 4) is 0 Å². The number of benzene rings is 1. The van der Waals surface area contributed by atoms with Crippen molar-refractivity contribution in [1.29, 1.82) is 0 Å². The van der Waals surface area contributed by atoms with Crippen LogP contribution in [0.5, 0.6) is 0 Å². The molecule has 1 aromatic carbocycles. The first-order chi connectivity index (χ1) is 11.7. The van der Waals surface area contributed by atoms with E-state index in [4.69, 9.17) is 9.47 Å². The summed E-state index contributed by atoms with van der Waals surface area (Å²) >= 11 is 0. The van der Waals surface area contributed by atoms with E-state index >= 15 is 0 Å². The van der Waals surface area contributed by atoms with Crippen LogP contribution in [-0.4, -0.2) is 24.5 Å². The van der Waals surface area contributed by atoms with Gasteiger partial charge >= 0.3 is 5.97 Å². The van der Waals surface area contributed by atoms with Crippen molar-refractivity contribution in [2.24, 2.45) is 5.41 Å². The van der Waals surface area contributed by atoms with Crippen LogP contribution in [0.1, 0.15) is 52.0 Å². The van der Waals surface area contributed by atoms with E-state index in [2.05, 4.69) is 0 Å². The minimum Gasteiger partial charge on any atom is -0.501 e. The molecule has 0 aromatic heterocycles. The second kappa shape index (κ2) is 7.85. The summed E-state index contributed by atoms with van der Waals surface area (Å²) in [6, 6.07) is 9.96. The summed E-state index contributed by atoms with van der Waals surface area (Å²) in [6.45, 7) is 5.55. The molecule has 0 spiro atoms. The summed E-state index contributed by atoms with van der Waals surface area (Å²) in [5.74, 6) is 0.503. The summed E-state index contributed by atoms with van der Waals surface area (Å²) in [6.07, 6.45) is 4.35. The average Bonchev–Trinajstić information content (AvgIpc) is 2.55. The van der Waals surface area contributed by atoms with Crippen LogP contribution in [-0.2, 0) is 25.5 Å². The molecule has 0 bridgehead atoms. The van der Waals surface area contributed by atoms with Gasteiger partial charge in [-0.2, -0.15) is 0 Å². The van der Waals surface area contributed by atoms with E-state index in [9.17, 15) is 9.59 Å². The summed E-state index contributed by atoms with van der Waals surface area (Å²) in [5.41, 5.74) is 0.0261. The fraction of sp³-hybridized carbons (Fsp3) is 0.524. The number of carbonyl (C=O) groups excluding carboxylic acids is 2. The van der Waals surface area contributed by atoms with E-state index in [1.807, 2.05) is 51.1 Å². The molecule has 1 aliphatic rings. The number of allylic oxidation sites excluding steroid dienone is 2. The lowest BCUT2D eigenvalue weighted by Gasteiger charge is -2.35. The Morgan fingerprint density at radius 1 is 1.20 bits per heavy atom. The van der Waals surface area contributed by atoms with Crippen LogP contribution in [0.4, 0.5) is 0 Å². The Morgan fingerprint density at radius 2 is 1.88 bits per heavy atom. The van der Waals surface area contributed by atoms with E-state index < -0.39 is 11.0 Å². The predicted octanol–water partition coefficient (Wildman–Crippen LogP) is 4.23. The van der Waals surface area contributed by atoms with Gasteiger partial charge in [0.2, 0.25) is 0 Å². The molecule has 2 rings (SSSR count). The molecule has 0 aliphatic heterocycles. The van der Waals surface area contributed by atoms with Crippen LogP contribution in [0.3, 0.4) is 0 Å².